The molecule has 4 heteroatoms. The highest BCUT2D eigenvalue weighted by molar-refractivity contribution is 5.35. The van der Waals surface area contributed by atoms with Crippen molar-refractivity contribution < 1.29 is 5.11 Å². The van der Waals surface area contributed by atoms with E-state index in [9.17, 15) is 5.11 Å². The first kappa shape index (κ1) is 16.7. The van der Waals surface area contributed by atoms with E-state index in [-0.39, 0.29) is 12.1 Å². The van der Waals surface area contributed by atoms with Crippen LogP contribution < -0.4 is 0 Å². The summed E-state index contributed by atoms with van der Waals surface area (Å²) in [5.41, 5.74) is 3.70. The van der Waals surface area contributed by atoms with E-state index >= 15 is 0 Å². The fraction of sp³-hybridized carbons (Fsp3) is 0.476. The first-order valence-corrected chi connectivity index (χ1v) is 9.21. The van der Waals surface area contributed by atoms with Crippen molar-refractivity contribution >= 4 is 0 Å². The van der Waals surface area contributed by atoms with Gasteiger partial charge in [0.15, 0.2) is 0 Å². The topological polar surface area (TPSA) is 39.6 Å². The van der Waals surface area contributed by atoms with Crippen LogP contribution in [-0.2, 0) is 6.42 Å². The summed E-state index contributed by atoms with van der Waals surface area (Å²) in [4.78, 5) is 9.13. The molecule has 0 unspecified atom stereocenters. The highest BCUT2D eigenvalue weighted by Crippen LogP contribution is 2.39. The van der Waals surface area contributed by atoms with Gasteiger partial charge >= 0.3 is 0 Å². The Morgan fingerprint density at radius 3 is 2.84 bits per heavy atom. The van der Waals surface area contributed by atoms with E-state index in [1.165, 1.54) is 17.5 Å². The molecular formula is C21H27N3O. The smallest absolute Gasteiger partial charge is 0.0950 e. The molecule has 1 aromatic heterocycles. The lowest BCUT2D eigenvalue weighted by Gasteiger charge is -2.33. The molecule has 1 aliphatic carbocycles. The van der Waals surface area contributed by atoms with Gasteiger partial charge in [-0.15, -0.1) is 0 Å². The Labute approximate surface area is 150 Å². The van der Waals surface area contributed by atoms with Crippen LogP contribution in [0.1, 0.15) is 35.3 Å². The molecule has 2 aliphatic rings. The molecule has 4 nitrogen and oxygen atoms in total. The average Bonchev–Trinajstić information content (AvgIpc) is 3.16. The number of likely N-dealkylation sites (N-methyl/N-ethyl adjacent to an activating group) is 1. The van der Waals surface area contributed by atoms with Crippen LogP contribution in [0.3, 0.4) is 0 Å². The lowest BCUT2D eigenvalue weighted by molar-refractivity contribution is 0.0633. The second-order valence-corrected chi connectivity index (χ2v) is 7.62. The van der Waals surface area contributed by atoms with Gasteiger partial charge in [-0.1, -0.05) is 30.3 Å². The van der Waals surface area contributed by atoms with E-state index in [1.807, 2.05) is 24.5 Å². The summed E-state index contributed by atoms with van der Waals surface area (Å²) >= 11 is 0. The van der Waals surface area contributed by atoms with Gasteiger partial charge in [-0.3, -0.25) is 14.8 Å². The Bertz CT molecular complexity index is 720. The van der Waals surface area contributed by atoms with Gasteiger partial charge in [0, 0.05) is 31.0 Å². The van der Waals surface area contributed by atoms with Gasteiger partial charge in [0.25, 0.3) is 0 Å². The summed E-state index contributed by atoms with van der Waals surface area (Å²) in [6, 6.07) is 13.1. The molecule has 132 valence electrons. The molecule has 4 atom stereocenters. The Morgan fingerprint density at radius 2 is 2.08 bits per heavy atom. The molecule has 4 rings (SSSR count). The molecule has 2 heterocycles. The maximum atomic E-state index is 10.8. The Hall–Kier alpha value is -1.75. The molecule has 0 bridgehead atoms. The molecule has 0 spiro atoms. The maximum Gasteiger partial charge on any atom is 0.0950 e. The van der Waals surface area contributed by atoms with Crippen molar-refractivity contribution in [2.75, 3.05) is 27.2 Å². The summed E-state index contributed by atoms with van der Waals surface area (Å²) in [5, 5.41) is 10.8. The Balaban J connectivity index is 1.48. The second kappa shape index (κ2) is 6.87. The SMILES string of the molecule is CN(C[C@@H]1CCN(C)[C@H]1c1cccnc1)[C@@H]1Cc2ccccc2[C@@H]1O. The zero-order chi connectivity index (χ0) is 17.4. The number of rotatable bonds is 4. The van der Waals surface area contributed by atoms with Crippen molar-refractivity contribution in [3.05, 3.63) is 65.5 Å². The van der Waals surface area contributed by atoms with Crippen LogP contribution in [0.4, 0.5) is 0 Å². The number of aliphatic hydroxyl groups excluding tert-OH is 1. The summed E-state index contributed by atoms with van der Waals surface area (Å²) in [6.45, 7) is 2.12. The fourth-order valence-corrected chi connectivity index (χ4v) is 4.75. The van der Waals surface area contributed by atoms with Crippen LogP contribution in [-0.4, -0.2) is 53.1 Å². The lowest BCUT2D eigenvalue weighted by atomic mass is 9.93. The van der Waals surface area contributed by atoms with Crippen LogP contribution in [0, 0.1) is 5.92 Å². The number of hydrogen-bond acceptors (Lipinski definition) is 4. The third-order valence-corrected chi connectivity index (χ3v) is 6.06. The number of hydrogen-bond donors (Lipinski definition) is 1. The number of fused-ring (bicyclic) bond motifs is 1. The van der Waals surface area contributed by atoms with Crippen LogP contribution in [0.5, 0.6) is 0 Å². The minimum Gasteiger partial charge on any atom is -0.387 e. The van der Waals surface area contributed by atoms with Crippen molar-refractivity contribution in [2.24, 2.45) is 5.92 Å². The van der Waals surface area contributed by atoms with Gasteiger partial charge in [-0.05, 0) is 62.2 Å². The molecule has 0 amide bonds. The van der Waals surface area contributed by atoms with Gasteiger partial charge in [0.05, 0.1) is 6.10 Å². The van der Waals surface area contributed by atoms with Crippen molar-refractivity contribution in [3.63, 3.8) is 0 Å². The van der Waals surface area contributed by atoms with Crippen molar-refractivity contribution in [1.29, 1.82) is 0 Å². The lowest BCUT2D eigenvalue weighted by Crippen LogP contribution is -2.39. The molecule has 1 saturated heterocycles. The second-order valence-electron chi connectivity index (χ2n) is 7.62. The summed E-state index contributed by atoms with van der Waals surface area (Å²) in [6.07, 6.45) is 5.59. The standard InChI is InChI=1S/C21H27N3O/c1-23-11-9-17(20(23)16-7-5-10-22-13-16)14-24(2)19-12-15-6-3-4-8-18(15)21(19)25/h3-8,10,13,17,19-21,25H,9,11-12,14H2,1-2H3/t17-,19+,20-,21-/m0/s1. The predicted octanol–water partition coefficient (Wildman–Crippen LogP) is 2.66. The Kier molecular flexibility index (Phi) is 4.59. The Morgan fingerprint density at radius 1 is 1.24 bits per heavy atom. The summed E-state index contributed by atoms with van der Waals surface area (Å²) in [7, 11) is 4.37. The monoisotopic (exact) mass is 337 g/mol. The van der Waals surface area contributed by atoms with E-state index in [0.717, 1.165) is 25.1 Å². The number of pyridine rings is 1. The van der Waals surface area contributed by atoms with Crippen LogP contribution >= 0.6 is 0 Å². The zero-order valence-corrected chi connectivity index (χ0v) is 15.0. The first-order chi connectivity index (χ1) is 12.1. The van der Waals surface area contributed by atoms with Crippen molar-refractivity contribution in [2.45, 2.75) is 31.0 Å². The maximum absolute atomic E-state index is 10.8. The molecule has 0 saturated carbocycles. The highest BCUT2D eigenvalue weighted by atomic mass is 16.3. The van der Waals surface area contributed by atoms with Gasteiger partial charge < -0.3 is 5.11 Å². The van der Waals surface area contributed by atoms with E-state index in [2.05, 4.69) is 53.1 Å². The summed E-state index contributed by atoms with van der Waals surface area (Å²) < 4.78 is 0. The quantitative estimate of drug-likeness (QED) is 0.931. The zero-order valence-electron chi connectivity index (χ0n) is 15.0. The fourth-order valence-electron chi connectivity index (χ4n) is 4.75. The van der Waals surface area contributed by atoms with Gasteiger partial charge in [-0.2, -0.15) is 0 Å². The molecule has 1 aromatic carbocycles. The molecule has 1 fully saturated rings. The number of benzene rings is 1. The average molecular weight is 337 g/mol. The van der Waals surface area contributed by atoms with Crippen molar-refractivity contribution in [1.82, 2.24) is 14.8 Å². The molecular weight excluding hydrogens is 310 g/mol. The van der Waals surface area contributed by atoms with Gasteiger partial charge in [0.1, 0.15) is 0 Å². The number of aliphatic hydroxyl groups is 1. The third kappa shape index (κ3) is 3.10. The van der Waals surface area contributed by atoms with E-state index in [4.69, 9.17) is 0 Å². The minimum atomic E-state index is -0.378. The molecule has 1 N–H and O–H groups in total. The normalized spacial score (nSPS) is 29.3. The molecule has 2 aromatic rings. The largest absolute Gasteiger partial charge is 0.387 e. The van der Waals surface area contributed by atoms with Gasteiger partial charge in [0.2, 0.25) is 0 Å². The molecule has 0 radical (unpaired) electrons. The van der Waals surface area contributed by atoms with Crippen LogP contribution in [0.2, 0.25) is 0 Å². The molecule has 1 aliphatic heterocycles. The summed E-state index contributed by atoms with van der Waals surface area (Å²) in [5.74, 6) is 0.565. The highest BCUT2D eigenvalue weighted by Gasteiger charge is 2.38. The predicted molar refractivity (Wildman–Crippen MR) is 99.2 cm³/mol. The minimum absolute atomic E-state index is 0.179. The van der Waals surface area contributed by atoms with Crippen LogP contribution in [0.25, 0.3) is 0 Å². The van der Waals surface area contributed by atoms with Gasteiger partial charge in [-0.25, -0.2) is 0 Å². The van der Waals surface area contributed by atoms with Crippen molar-refractivity contribution in [3.8, 4) is 0 Å². The van der Waals surface area contributed by atoms with Crippen LogP contribution in [0.15, 0.2) is 48.8 Å². The number of likely N-dealkylation sites (tertiary alicyclic amines) is 1. The van der Waals surface area contributed by atoms with E-state index in [1.54, 1.807) is 0 Å². The number of aromatic nitrogens is 1. The first-order valence-electron chi connectivity index (χ1n) is 9.21. The van der Waals surface area contributed by atoms with E-state index < -0.39 is 0 Å². The number of nitrogens with zero attached hydrogens (tertiary/aromatic N) is 3. The molecule has 25 heavy (non-hydrogen) atoms. The third-order valence-electron chi connectivity index (χ3n) is 6.06. The van der Waals surface area contributed by atoms with E-state index in [0.29, 0.717) is 12.0 Å².